The fourth-order valence-electron chi connectivity index (χ4n) is 1.70. The molecule has 2 unspecified atom stereocenters. The number of carbonyl (C=O) groups is 2. The van der Waals surface area contributed by atoms with E-state index in [4.69, 9.17) is 5.11 Å². The zero-order valence-electron chi connectivity index (χ0n) is 13.5. The predicted octanol–water partition coefficient (Wildman–Crippen LogP) is 1.52. The molecule has 0 saturated heterocycles. The summed E-state index contributed by atoms with van der Waals surface area (Å²) in [7, 11) is 3.96. The van der Waals surface area contributed by atoms with Gasteiger partial charge in [-0.2, -0.15) is 0 Å². The van der Waals surface area contributed by atoms with E-state index in [1.165, 1.54) is 0 Å². The van der Waals surface area contributed by atoms with Crippen molar-refractivity contribution in [2.24, 2.45) is 5.41 Å². The SMILES string of the molecule is CC(CCN(C)C)NC(=O)NC(CC(=O)O)C(C)(C)C. The van der Waals surface area contributed by atoms with E-state index in [2.05, 4.69) is 15.5 Å². The van der Waals surface area contributed by atoms with Gasteiger partial charge < -0.3 is 20.6 Å². The second-order valence-corrected chi connectivity index (χ2v) is 6.63. The van der Waals surface area contributed by atoms with Crippen LogP contribution in [0.5, 0.6) is 0 Å². The maximum Gasteiger partial charge on any atom is 0.315 e. The predicted molar refractivity (Wildman–Crippen MR) is 79.8 cm³/mol. The van der Waals surface area contributed by atoms with Crippen LogP contribution in [0.4, 0.5) is 4.79 Å². The largest absolute Gasteiger partial charge is 0.481 e. The van der Waals surface area contributed by atoms with Gasteiger partial charge in [-0.15, -0.1) is 0 Å². The van der Waals surface area contributed by atoms with Gasteiger partial charge >= 0.3 is 12.0 Å². The number of carbonyl (C=O) groups excluding carboxylic acids is 1. The Morgan fingerprint density at radius 3 is 2.15 bits per heavy atom. The second-order valence-electron chi connectivity index (χ2n) is 6.63. The van der Waals surface area contributed by atoms with E-state index in [1.54, 1.807) is 0 Å². The molecule has 0 aromatic rings. The number of hydrogen-bond acceptors (Lipinski definition) is 3. The molecule has 0 aromatic carbocycles. The molecule has 0 heterocycles. The summed E-state index contributed by atoms with van der Waals surface area (Å²) in [6, 6.07) is -0.665. The minimum Gasteiger partial charge on any atom is -0.481 e. The number of carboxylic acids is 1. The van der Waals surface area contributed by atoms with Crippen LogP contribution < -0.4 is 10.6 Å². The number of carboxylic acid groups (broad SMARTS) is 1. The average Bonchev–Trinajstić information content (AvgIpc) is 2.23. The van der Waals surface area contributed by atoms with E-state index in [-0.39, 0.29) is 23.9 Å². The number of rotatable bonds is 7. The zero-order chi connectivity index (χ0) is 15.9. The van der Waals surface area contributed by atoms with Crippen LogP contribution in [0.25, 0.3) is 0 Å². The summed E-state index contributed by atoms with van der Waals surface area (Å²) < 4.78 is 0. The smallest absolute Gasteiger partial charge is 0.315 e. The summed E-state index contributed by atoms with van der Waals surface area (Å²) in [5.41, 5.74) is -0.303. The second kappa shape index (κ2) is 8.09. The molecule has 0 aliphatic heterocycles. The molecule has 6 nitrogen and oxygen atoms in total. The third kappa shape index (κ3) is 8.74. The Morgan fingerprint density at radius 1 is 1.20 bits per heavy atom. The minimum atomic E-state index is -0.911. The van der Waals surface area contributed by atoms with Gasteiger partial charge in [-0.3, -0.25) is 4.79 Å². The summed E-state index contributed by atoms with van der Waals surface area (Å²) in [6.07, 6.45) is 0.766. The van der Waals surface area contributed by atoms with E-state index in [0.29, 0.717) is 0 Å². The van der Waals surface area contributed by atoms with Crippen LogP contribution in [-0.4, -0.2) is 54.7 Å². The Balaban J connectivity index is 4.35. The van der Waals surface area contributed by atoms with E-state index in [9.17, 15) is 9.59 Å². The lowest BCUT2D eigenvalue weighted by Gasteiger charge is -2.31. The van der Waals surface area contributed by atoms with Crippen molar-refractivity contribution in [3.8, 4) is 0 Å². The lowest BCUT2D eigenvalue weighted by molar-refractivity contribution is -0.138. The Morgan fingerprint density at radius 2 is 1.75 bits per heavy atom. The van der Waals surface area contributed by atoms with Gasteiger partial charge in [0.1, 0.15) is 0 Å². The van der Waals surface area contributed by atoms with Gasteiger partial charge in [-0.05, 0) is 39.4 Å². The highest BCUT2D eigenvalue weighted by atomic mass is 16.4. The summed E-state index contributed by atoms with van der Waals surface area (Å²) in [5, 5.41) is 14.5. The van der Waals surface area contributed by atoms with Crippen molar-refractivity contribution in [3.63, 3.8) is 0 Å². The number of urea groups is 1. The van der Waals surface area contributed by atoms with Gasteiger partial charge in [-0.1, -0.05) is 20.8 Å². The summed E-state index contributed by atoms with van der Waals surface area (Å²) in [4.78, 5) is 24.8. The van der Waals surface area contributed by atoms with E-state index >= 15 is 0 Å². The summed E-state index contributed by atoms with van der Waals surface area (Å²) >= 11 is 0. The van der Waals surface area contributed by atoms with E-state index in [0.717, 1.165) is 13.0 Å². The molecule has 118 valence electrons. The highest BCUT2D eigenvalue weighted by Crippen LogP contribution is 2.21. The van der Waals surface area contributed by atoms with E-state index in [1.807, 2.05) is 41.8 Å². The van der Waals surface area contributed by atoms with Gasteiger partial charge in [0.05, 0.1) is 6.42 Å². The molecule has 0 spiro atoms. The van der Waals surface area contributed by atoms with Crippen molar-refractivity contribution >= 4 is 12.0 Å². The molecule has 2 atom stereocenters. The molecule has 2 amide bonds. The van der Waals surface area contributed by atoms with Gasteiger partial charge in [0.25, 0.3) is 0 Å². The van der Waals surface area contributed by atoms with Crippen LogP contribution in [0.3, 0.4) is 0 Å². The fraction of sp³-hybridized carbons (Fsp3) is 0.857. The first kappa shape index (κ1) is 18.7. The highest BCUT2D eigenvalue weighted by molar-refractivity contribution is 5.76. The highest BCUT2D eigenvalue weighted by Gasteiger charge is 2.28. The minimum absolute atomic E-state index is 0.0443. The zero-order valence-corrected chi connectivity index (χ0v) is 13.5. The Bertz CT molecular complexity index is 324. The van der Waals surface area contributed by atoms with Crippen molar-refractivity contribution < 1.29 is 14.7 Å². The molecule has 0 aromatic heterocycles. The molecule has 0 radical (unpaired) electrons. The van der Waals surface area contributed by atoms with Crippen molar-refractivity contribution in [3.05, 3.63) is 0 Å². The van der Waals surface area contributed by atoms with Gasteiger partial charge in [0.15, 0.2) is 0 Å². The standard InChI is InChI=1S/C14H29N3O3/c1-10(7-8-17(5)6)15-13(20)16-11(9-12(18)19)14(2,3)4/h10-11H,7-9H2,1-6H3,(H,18,19)(H2,15,16,20). The molecular formula is C14H29N3O3. The van der Waals surface area contributed by atoms with Gasteiger partial charge in [0, 0.05) is 12.1 Å². The maximum atomic E-state index is 11.9. The van der Waals surface area contributed by atoms with Crippen LogP contribution in [0.2, 0.25) is 0 Å². The third-order valence-electron chi connectivity index (χ3n) is 3.12. The Hall–Kier alpha value is -1.30. The molecule has 6 heteroatoms. The number of amides is 2. The lowest BCUT2D eigenvalue weighted by Crippen LogP contribution is -2.51. The van der Waals surface area contributed by atoms with Gasteiger partial charge in [0.2, 0.25) is 0 Å². The van der Waals surface area contributed by atoms with Crippen molar-refractivity contribution in [2.45, 2.75) is 52.6 Å². The molecule has 20 heavy (non-hydrogen) atoms. The van der Waals surface area contributed by atoms with Crippen molar-refractivity contribution in [1.29, 1.82) is 0 Å². The number of aliphatic carboxylic acids is 1. The fourth-order valence-corrected chi connectivity index (χ4v) is 1.70. The van der Waals surface area contributed by atoms with Gasteiger partial charge in [-0.25, -0.2) is 4.79 Å². The molecule has 3 N–H and O–H groups in total. The number of nitrogens with zero attached hydrogens (tertiary/aromatic N) is 1. The third-order valence-corrected chi connectivity index (χ3v) is 3.12. The molecule has 0 aliphatic rings. The molecule has 0 fully saturated rings. The molecule has 0 rings (SSSR count). The summed E-state index contributed by atoms with van der Waals surface area (Å²) in [5.74, 6) is -0.911. The van der Waals surface area contributed by atoms with Crippen LogP contribution in [0, 0.1) is 5.41 Å². The monoisotopic (exact) mass is 287 g/mol. The molecule has 0 aliphatic carbocycles. The topological polar surface area (TPSA) is 81.7 Å². The van der Waals surface area contributed by atoms with Crippen molar-refractivity contribution in [2.75, 3.05) is 20.6 Å². The molecule has 0 saturated carbocycles. The quantitative estimate of drug-likeness (QED) is 0.663. The lowest BCUT2D eigenvalue weighted by atomic mass is 9.85. The first-order valence-corrected chi connectivity index (χ1v) is 6.96. The normalized spacial score (nSPS) is 14.8. The Kier molecular flexibility index (Phi) is 7.57. The Labute approximate surface area is 121 Å². The first-order chi connectivity index (χ1) is 9.02. The summed E-state index contributed by atoms with van der Waals surface area (Å²) in [6.45, 7) is 8.56. The van der Waals surface area contributed by atoms with Crippen LogP contribution in [-0.2, 0) is 4.79 Å². The van der Waals surface area contributed by atoms with Crippen LogP contribution in [0.1, 0.15) is 40.5 Å². The van der Waals surface area contributed by atoms with Crippen molar-refractivity contribution in [1.82, 2.24) is 15.5 Å². The maximum absolute atomic E-state index is 11.9. The van der Waals surface area contributed by atoms with E-state index < -0.39 is 12.0 Å². The number of hydrogen-bond donors (Lipinski definition) is 3. The first-order valence-electron chi connectivity index (χ1n) is 6.96. The van der Waals surface area contributed by atoms with Crippen LogP contribution >= 0.6 is 0 Å². The average molecular weight is 287 g/mol. The molecule has 0 bridgehead atoms. The number of nitrogens with one attached hydrogen (secondary N) is 2. The molecular weight excluding hydrogens is 258 g/mol. The van der Waals surface area contributed by atoms with Crippen LogP contribution in [0.15, 0.2) is 0 Å².